The summed E-state index contributed by atoms with van der Waals surface area (Å²) in [6.07, 6.45) is 2.98. The van der Waals surface area contributed by atoms with E-state index in [2.05, 4.69) is 15.3 Å². The molecule has 10 nitrogen and oxygen atoms in total. The summed E-state index contributed by atoms with van der Waals surface area (Å²) in [7, 11) is 0. The molecule has 0 aliphatic carbocycles. The van der Waals surface area contributed by atoms with Crippen molar-refractivity contribution in [2.24, 2.45) is 0 Å². The van der Waals surface area contributed by atoms with Crippen LogP contribution >= 0.6 is 0 Å². The number of H-pyrrole nitrogens is 1. The number of rotatable bonds is 13. The van der Waals surface area contributed by atoms with E-state index in [1.54, 1.807) is 32.9 Å². The molecule has 35 heavy (non-hydrogen) atoms. The third-order valence-electron chi connectivity index (χ3n) is 5.34. The van der Waals surface area contributed by atoms with Crippen molar-refractivity contribution in [3.63, 3.8) is 0 Å². The quantitative estimate of drug-likeness (QED) is 0.288. The van der Waals surface area contributed by atoms with Crippen LogP contribution in [0.5, 0.6) is 0 Å². The molecule has 0 aliphatic heterocycles. The van der Waals surface area contributed by atoms with Crippen molar-refractivity contribution in [2.75, 3.05) is 18.9 Å². The molecule has 2 rings (SSSR count). The summed E-state index contributed by atoms with van der Waals surface area (Å²) in [5.41, 5.74) is 7.59. The fourth-order valence-electron chi connectivity index (χ4n) is 3.56. The monoisotopic (exact) mass is 486 g/mol. The Morgan fingerprint density at radius 3 is 2.34 bits per heavy atom. The second-order valence-corrected chi connectivity index (χ2v) is 8.04. The fourth-order valence-corrected chi connectivity index (χ4v) is 3.56. The van der Waals surface area contributed by atoms with Gasteiger partial charge in [0.15, 0.2) is 0 Å². The Morgan fingerprint density at radius 2 is 1.71 bits per heavy atom. The molecule has 10 heteroatoms. The average molecular weight is 487 g/mol. The number of nitrogens with zero attached hydrogens (tertiary/aromatic N) is 1. The van der Waals surface area contributed by atoms with Gasteiger partial charge in [0.05, 0.1) is 18.8 Å². The van der Waals surface area contributed by atoms with Crippen LogP contribution in [0.25, 0.3) is 0 Å². The number of nitrogens with two attached hydrogens (primary N) is 1. The van der Waals surface area contributed by atoms with Gasteiger partial charge in [-0.05, 0) is 70.6 Å². The molecule has 190 valence electrons. The van der Waals surface area contributed by atoms with Gasteiger partial charge in [-0.3, -0.25) is 14.4 Å². The molecule has 1 atom stereocenters. The van der Waals surface area contributed by atoms with Gasteiger partial charge in [-0.15, -0.1) is 0 Å². The second kappa shape index (κ2) is 13.9. The molecule has 1 aromatic heterocycles. The van der Waals surface area contributed by atoms with Gasteiger partial charge in [-0.1, -0.05) is 12.1 Å². The zero-order chi connectivity index (χ0) is 25.8. The average Bonchev–Trinajstić information content (AvgIpc) is 2.81. The topological polar surface area (TPSA) is 153 Å². The largest absolute Gasteiger partial charge is 0.466 e. The Bertz CT molecular complexity index is 1060. The normalized spacial score (nSPS) is 11.5. The van der Waals surface area contributed by atoms with Crippen molar-refractivity contribution in [3.8, 4) is 0 Å². The van der Waals surface area contributed by atoms with E-state index >= 15 is 0 Å². The number of nitrogens with one attached hydrogen (secondary N) is 2. The molecule has 0 saturated carbocycles. The zero-order valence-corrected chi connectivity index (χ0v) is 20.5. The number of aryl methyl sites for hydroxylation is 2. The summed E-state index contributed by atoms with van der Waals surface area (Å²) in [5.74, 6) is -0.700. The van der Waals surface area contributed by atoms with Crippen LogP contribution in [0.3, 0.4) is 0 Å². The Labute approximate surface area is 204 Å². The van der Waals surface area contributed by atoms with E-state index in [0.29, 0.717) is 23.4 Å². The molecule has 0 aliphatic rings. The van der Waals surface area contributed by atoms with Crippen LogP contribution in [-0.2, 0) is 31.9 Å². The number of carbonyl (C=O) groups is 3. The van der Waals surface area contributed by atoms with Gasteiger partial charge in [-0.25, -0.2) is 9.78 Å². The molecule has 1 aromatic carbocycles. The number of carbonyl (C=O) groups excluding carboxylic acids is 3. The smallest absolute Gasteiger partial charge is 0.328 e. The van der Waals surface area contributed by atoms with Crippen molar-refractivity contribution >= 4 is 23.7 Å². The summed E-state index contributed by atoms with van der Waals surface area (Å²) < 4.78 is 9.91. The first-order valence-electron chi connectivity index (χ1n) is 11.8. The molecular formula is C25H34N4O6. The highest BCUT2D eigenvalue weighted by Crippen LogP contribution is 2.12. The SMILES string of the molecule is CCOC(=O)CCC(NC(=O)c1ccc(CCCCc2c(N)nc(C)[nH]c2=O)cc1)C(=O)OCC. The third kappa shape index (κ3) is 8.88. The number of hydrogen-bond donors (Lipinski definition) is 3. The Hall–Kier alpha value is -3.69. The van der Waals surface area contributed by atoms with Crippen LogP contribution in [0.2, 0.25) is 0 Å². The van der Waals surface area contributed by atoms with Crippen LogP contribution in [0.4, 0.5) is 5.82 Å². The molecule has 4 N–H and O–H groups in total. The van der Waals surface area contributed by atoms with Crippen LogP contribution in [0, 0.1) is 6.92 Å². The van der Waals surface area contributed by atoms with Crippen molar-refractivity contribution in [2.45, 2.75) is 65.3 Å². The van der Waals surface area contributed by atoms with Gasteiger partial charge in [0.2, 0.25) is 0 Å². The Kier molecular flexibility index (Phi) is 10.9. The zero-order valence-electron chi connectivity index (χ0n) is 20.5. The molecule has 0 fully saturated rings. The highest BCUT2D eigenvalue weighted by molar-refractivity contribution is 5.96. The maximum Gasteiger partial charge on any atom is 0.328 e. The van der Waals surface area contributed by atoms with E-state index in [1.165, 1.54) is 0 Å². The van der Waals surface area contributed by atoms with E-state index in [4.69, 9.17) is 15.2 Å². The molecule has 0 saturated heterocycles. The summed E-state index contributed by atoms with van der Waals surface area (Å²) in [6.45, 7) is 5.47. The lowest BCUT2D eigenvalue weighted by molar-refractivity contribution is -0.146. The number of unbranched alkanes of at least 4 members (excludes halogenated alkanes) is 1. The lowest BCUT2D eigenvalue weighted by Crippen LogP contribution is -2.42. The molecule has 0 bridgehead atoms. The number of nitrogen functional groups attached to an aromatic ring is 1. The summed E-state index contributed by atoms with van der Waals surface area (Å²) in [5, 5.41) is 2.65. The number of amides is 1. The highest BCUT2D eigenvalue weighted by Gasteiger charge is 2.24. The van der Waals surface area contributed by atoms with Crippen LogP contribution in [0.1, 0.15) is 66.8 Å². The number of aromatic amines is 1. The minimum atomic E-state index is -0.946. The standard InChI is InChI=1S/C25H34N4O6/c1-4-34-21(30)15-14-20(25(33)35-5-2)29-23(31)18-12-10-17(11-13-18)8-6-7-9-19-22(26)27-16(3)28-24(19)32/h10-13,20H,4-9,14-15H2,1-3H3,(H,29,31)(H3,26,27,28,32). The molecule has 0 spiro atoms. The molecule has 1 amide bonds. The molecule has 2 aromatic rings. The molecule has 0 radical (unpaired) electrons. The second-order valence-electron chi connectivity index (χ2n) is 8.04. The van der Waals surface area contributed by atoms with Gasteiger partial charge < -0.3 is 25.5 Å². The van der Waals surface area contributed by atoms with Crippen molar-refractivity contribution in [1.82, 2.24) is 15.3 Å². The van der Waals surface area contributed by atoms with E-state index in [9.17, 15) is 19.2 Å². The van der Waals surface area contributed by atoms with E-state index in [0.717, 1.165) is 24.8 Å². The number of benzene rings is 1. The maximum atomic E-state index is 12.7. The third-order valence-corrected chi connectivity index (χ3v) is 5.34. The first kappa shape index (κ1) is 27.6. The molecule has 1 unspecified atom stereocenters. The van der Waals surface area contributed by atoms with Gasteiger partial charge in [0.25, 0.3) is 11.5 Å². The number of hydrogen-bond acceptors (Lipinski definition) is 8. The van der Waals surface area contributed by atoms with E-state index < -0.39 is 23.9 Å². The number of esters is 2. The van der Waals surface area contributed by atoms with Gasteiger partial charge in [0.1, 0.15) is 17.7 Å². The highest BCUT2D eigenvalue weighted by atomic mass is 16.5. The lowest BCUT2D eigenvalue weighted by atomic mass is 10.0. The molecular weight excluding hydrogens is 452 g/mol. The first-order chi connectivity index (χ1) is 16.7. The summed E-state index contributed by atoms with van der Waals surface area (Å²) in [4.78, 5) is 55.3. The van der Waals surface area contributed by atoms with Crippen molar-refractivity contribution in [3.05, 3.63) is 57.1 Å². The summed E-state index contributed by atoms with van der Waals surface area (Å²) in [6, 6.07) is 6.12. The van der Waals surface area contributed by atoms with E-state index in [1.807, 2.05) is 12.1 Å². The molecule has 1 heterocycles. The number of aromatic nitrogens is 2. The first-order valence-corrected chi connectivity index (χ1v) is 11.8. The fraction of sp³-hybridized carbons (Fsp3) is 0.480. The number of ether oxygens (including phenoxy) is 2. The van der Waals surface area contributed by atoms with Gasteiger partial charge in [-0.2, -0.15) is 0 Å². The Morgan fingerprint density at radius 1 is 1.06 bits per heavy atom. The van der Waals surface area contributed by atoms with Crippen LogP contribution < -0.4 is 16.6 Å². The van der Waals surface area contributed by atoms with Crippen LogP contribution in [-0.4, -0.2) is 47.1 Å². The van der Waals surface area contributed by atoms with Gasteiger partial charge >= 0.3 is 11.9 Å². The lowest BCUT2D eigenvalue weighted by Gasteiger charge is -2.17. The maximum absolute atomic E-state index is 12.7. The Balaban J connectivity index is 1.89. The predicted octanol–water partition coefficient (Wildman–Crippen LogP) is 2.23. The predicted molar refractivity (Wildman–Crippen MR) is 131 cm³/mol. The minimum Gasteiger partial charge on any atom is -0.466 e. The summed E-state index contributed by atoms with van der Waals surface area (Å²) >= 11 is 0. The van der Waals surface area contributed by atoms with Crippen LogP contribution in [0.15, 0.2) is 29.1 Å². The van der Waals surface area contributed by atoms with Crippen molar-refractivity contribution in [1.29, 1.82) is 0 Å². The number of anilines is 1. The van der Waals surface area contributed by atoms with E-state index in [-0.39, 0.29) is 37.4 Å². The van der Waals surface area contributed by atoms with Gasteiger partial charge in [0, 0.05) is 12.0 Å². The minimum absolute atomic E-state index is 0.00723. The van der Waals surface area contributed by atoms with Crippen molar-refractivity contribution < 1.29 is 23.9 Å².